The van der Waals surface area contributed by atoms with Crippen LogP contribution in [0.15, 0.2) is 22.7 Å². The second-order valence-electron chi connectivity index (χ2n) is 5.06. The zero-order valence-electron chi connectivity index (χ0n) is 10.3. The molecular formula is C13H17BrFNO2. The molecule has 0 bridgehead atoms. The van der Waals surface area contributed by atoms with Gasteiger partial charge in [0, 0.05) is 23.1 Å². The Labute approximate surface area is 115 Å². The smallest absolute Gasteiger partial charge is 0.127 e. The predicted molar refractivity (Wildman–Crippen MR) is 70.8 cm³/mol. The lowest BCUT2D eigenvalue weighted by Crippen LogP contribution is -2.52. The fourth-order valence-electron chi connectivity index (χ4n) is 2.21. The van der Waals surface area contributed by atoms with Gasteiger partial charge in [0.15, 0.2) is 0 Å². The maximum absolute atomic E-state index is 13.6. The first-order valence-electron chi connectivity index (χ1n) is 5.86. The normalized spacial score (nSPS) is 17.8. The Morgan fingerprint density at radius 1 is 1.50 bits per heavy atom. The Balaban J connectivity index is 1.98. The standard InChI is InChI=1S/C13H17BrFNO2/c1-16(6-13(7-17)8-18-9-13)5-10-4-11(14)2-3-12(10)15/h2-4,17H,5-9H2,1H3. The number of ether oxygens (including phenoxy) is 1. The molecule has 0 radical (unpaired) electrons. The van der Waals surface area contributed by atoms with Crippen molar-refractivity contribution in [3.8, 4) is 0 Å². The third-order valence-electron chi connectivity index (χ3n) is 3.21. The molecule has 0 aromatic heterocycles. The number of halogens is 2. The molecule has 5 heteroatoms. The lowest BCUT2D eigenvalue weighted by atomic mass is 9.86. The zero-order chi connectivity index (χ0) is 13.2. The van der Waals surface area contributed by atoms with Crippen LogP contribution in [0.5, 0.6) is 0 Å². The van der Waals surface area contributed by atoms with E-state index < -0.39 is 0 Å². The Kier molecular flexibility index (Phi) is 4.37. The van der Waals surface area contributed by atoms with Crippen LogP contribution >= 0.6 is 15.9 Å². The van der Waals surface area contributed by atoms with Crippen LogP contribution in [0.2, 0.25) is 0 Å². The number of benzene rings is 1. The lowest BCUT2D eigenvalue weighted by Gasteiger charge is -2.42. The van der Waals surface area contributed by atoms with Gasteiger partial charge in [-0.2, -0.15) is 0 Å². The minimum atomic E-state index is -0.201. The first-order chi connectivity index (χ1) is 8.54. The van der Waals surface area contributed by atoms with E-state index in [9.17, 15) is 9.50 Å². The molecule has 100 valence electrons. The van der Waals surface area contributed by atoms with Gasteiger partial charge in [-0.3, -0.25) is 0 Å². The van der Waals surface area contributed by atoms with Crippen molar-refractivity contribution in [2.75, 3.05) is 33.4 Å². The van der Waals surface area contributed by atoms with E-state index in [2.05, 4.69) is 15.9 Å². The molecular weight excluding hydrogens is 301 g/mol. The molecule has 0 aliphatic carbocycles. The van der Waals surface area contributed by atoms with Crippen LogP contribution in [-0.2, 0) is 11.3 Å². The van der Waals surface area contributed by atoms with Crippen molar-refractivity contribution in [1.82, 2.24) is 4.90 Å². The second-order valence-corrected chi connectivity index (χ2v) is 5.97. The van der Waals surface area contributed by atoms with Gasteiger partial charge in [0.1, 0.15) is 5.82 Å². The van der Waals surface area contributed by atoms with Gasteiger partial charge in [-0.05, 0) is 25.2 Å². The average molecular weight is 318 g/mol. The fourth-order valence-corrected chi connectivity index (χ4v) is 2.62. The maximum Gasteiger partial charge on any atom is 0.127 e. The number of aliphatic hydroxyl groups is 1. The summed E-state index contributed by atoms with van der Waals surface area (Å²) < 4.78 is 19.6. The van der Waals surface area contributed by atoms with Crippen LogP contribution in [0, 0.1) is 11.2 Å². The van der Waals surface area contributed by atoms with Crippen molar-refractivity contribution in [3.05, 3.63) is 34.1 Å². The molecule has 1 aliphatic rings. The Morgan fingerprint density at radius 3 is 2.78 bits per heavy atom. The number of aliphatic hydroxyl groups excluding tert-OH is 1. The Hall–Kier alpha value is -0.490. The molecule has 1 aromatic rings. The molecule has 0 amide bonds. The third-order valence-corrected chi connectivity index (χ3v) is 3.70. The number of rotatable bonds is 5. The van der Waals surface area contributed by atoms with Gasteiger partial charge in [0.25, 0.3) is 0 Å². The molecule has 0 spiro atoms. The highest BCUT2D eigenvalue weighted by molar-refractivity contribution is 9.10. The van der Waals surface area contributed by atoms with Gasteiger partial charge in [-0.1, -0.05) is 15.9 Å². The van der Waals surface area contributed by atoms with Crippen LogP contribution in [0.1, 0.15) is 5.56 Å². The Bertz CT molecular complexity index is 418. The zero-order valence-corrected chi connectivity index (χ0v) is 11.9. The monoisotopic (exact) mass is 317 g/mol. The van der Waals surface area contributed by atoms with Crippen molar-refractivity contribution in [2.24, 2.45) is 5.41 Å². The first-order valence-corrected chi connectivity index (χ1v) is 6.65. The number of hydrogen-bond donors (Lipinski definition) is 1. The van der Waals surface area contributed by atoms with E-state index in [0.29, 0.717) is 31.9 Å². The highest BCUT2D eigenvalue weighted by atomic mass is 79.9. The molecule has 1 N–H and O–H groups in total. The summed E-state index contributed by atoms with van der Waals surface area (Å²) in [7, 11) is 1.93. The summed E-state index contributed by atoms with van der Waals surface area (Å²) >= 11 is 3.34. The van der Waals surface area contributed by atoms with Crippen LogP contribution < -0.4 is 0 Å². The van der Waals surface area contributed by atoms with Crippen LogP contribution in [-0.4, -0.2) is 43.4 Å². The van der Waals surface area contributed by atoms with Crippen molar-refractivity contribution in [1.29, 1.82) is 0 Å². The second kappa shape index (κ2) is 5.65. The van der Waals surface area contributed by atoms with Crippen molar-refractivity contribution in [3.63, 3.8) is 0 Å². The van der Waals surface area contributed by atoms with Crippen LogP contribution in [0.25, 0.3) is 0 Å². The summed E-state index contributed by atoms with van der Waals surface area (Å²) in [5.74, 6) is -0.201. The predicted octanol–water partition coefficient (Wildman–Crippen LogP) is 2.03. The highest BCUT2D eigenvalue weighted by Crippen LogP contribution is 2.28. The molecule has 0 unspecified atom stereocenters. The molecule has 1 aromatic carbocycles. The van der Waals surface area contributed by atoms with E-state index in [1.54, 1.807) is 12.1 Å². The average Bonchev–Trinajstić information content (AvgIpc) is 2.28. The van der Waals surface area contributed by atoms with E-state index >= 15 is 0 Å². The molecule has 18 heavy (non-hydrogen) atoms. The van der Waals surface area contributed by atoms with Gasteiger partial charge < -0.3 is 14.7 Å². The maximum atomic E-state index is 13.6. The summed E-state index contributed by atoms with van der Waals surface area (Å²) in [5.41, 5.74) is 0.484. The van der Waals surface area contributed by atoms with Gasteiger partial charge in [-0.15, -0.1) is 0 Å². The topological polar surface area (TPSA) is 32.7 Å². The van der Waals surface area contributed by atoms with E-state index in [-0.39, 0.29) is 17.8 Å². The molecule has 2 rings (SSSR count). The molecule has 1 aliphatic heterocycles. The van der Waals surface area contributed by atoms with Crippen LogP contribution in [0.3, 0.4) is 0 Å². The van der Waals surface area contributed by atoms with Gasteiger partial charge >= 0.3 is 0 Å². The van der Waals surface area contributed by atoms with Gasteiger partial charge in [-0.25, -0.2) is 4.39 Å². The summed E-state index contributed by atoms with van der Waals surface area (Å²) in [6.45, 7) is 2.49. The SMILES string of the molecule is CN(Cc1cc(Br)ccc1F)CC1(CO)COC1. The molecule has 1 heterocycles. The summed E-state index contributed by atoms with van der Waals surface area (Å²) in [6, 6.07) is 4.93. The van der Waals surface area contributed by atoms with Gasteiger partial charge in [0.05, 0.1) is 25.2 Å². The van der Waals surface area contributed by atoms with Crippen molar-refractivity contribution in [2.45, 2.75) is 6.54 Å². The summed E-state index contributed by atoms with van der Waals surface area (Å²) in [4.78, 5) is 2.02. The molecule has 3 nitrogen and oxygen atoms in total. The molecule has 1 saturated heterocycles. The number of hydrogen-bond acceptors (Lipinski definition) is 3. The molecule has 0 atom stereocenters. The molecule has 1 fully saturated rings. The molecule has 0 saturated carbocycles. The van der Waals surface area contributed by atoms with E-state index in [4.69, 9.17) is 4.74 Å². The van der Waals surface area contributed by atoms with Crippen LogP contribution in [0.4, 0.5) is 4.39 Å². The summed E-state index contributed by atoms with van der Waals surface area (Å²) in [5, 5.41) is 9.36. The van der Waals surface area contributed by atoms with E-state index in [1.165, 1.54) is 6.07 Å². The van der Waals surface area contributed by atoms with Gasteiger partial charge in [0.2, 0.25) is 0 Å². The lowest BCUT2D eigenvalue weighted by molar-refractivity contribution is -0.147. The fraction of sp³-hybridized carbons (Fsp3) is 0.538. The largest absolute Gasteiger partial charge is 0.396 e. The Morgan fingerprint density at radius 2 is 2.22 bits per heavy atom. The minimum absolute atomic E-state index is 0.109. The third kappa shape index (κ3) is 3.09. The summed E-state index contributed by atoms with van der Waals surface area (Å²) in [6.07, 6.45) is 0. The van der Waals surface area contributed by atoms with E-state index in [0.717, 1.165) is 4.47 Å². The van der Waals surface area contributed by atoms with E-state index in [1.807, 2.05) is 11.9 Å². The highest BCUT2D eigenvalue weighted by Gasteiger charge is 2.38. The quantitative estimate of drug-likeness (QED) is 0.902. The first kappa shape index (κ1) is 13.9. The van der Waals surface area contributed by atoms with Crippen molar-refractivity contribution < 1.29 is 14.2 Å². The number of nitrogens with zero attached hydrogens (tertiary/aromatic N) is 1. The minimum Gasteiger partial charge on any atom is -0.396 e. The van der Waals surface area contributed by atoms with Crippen molar-refractivity contribution >= 4 is 15.9 Å².